The molecule has 1 amide bonds. The maximum absolute atomic E-state index is 12.1. The van der Waals surface area contributed by atoms with Gasteiger partial charge in [0.25, 0.3) is 0 Å². The monoisotopic (exact) mass is 297 g/mol. The quantitative estimate of drug-likeness (QED) is 0.752. The molecule has 1 unspecified atom stereocenters. The van der Waals surface area contributed by atoms with Gasteiger partial charge in [0.05, 0.1) is 17.6 Å². The largest absolute Gasteiger partial charge is 0.324 e. The second kappa shape index (κ2) is 5.80. The Kier molecular flexibility index (Phi) is 4.29. The van der Waals surface area contributed by atoms with E-state index in [1.165, 1.54) is 0 Å². The molecule has 0 aromatic heterocycles. The van der Waals surface area contributed by atoms with Gasteiger partial charge in [-0.2, -0.15) is 0 Å². The number of amides is 1. The molecule has 0 radical (unpaired) electrons. The first-order valence-corrected chi connectivity index (χ1v) is 8.34. The fraction of sp³-hybridized carbons (Fsp3) is 0.462. The summed E-state index contributed by atoms with van der Waals surface area (Å²) < 4.78 is 25.0. The van der Waals surface area contributed by atoms with Crippen LogP contribution in [0.4, 0.5) is 11.4 Å². The molecule has 7 heteroatoms. The normalized spacial score (nSPS) is 17.1. The molecule has 1 atom stereocenters. The lowest BCUT2D eigenvalue weighted by molar-refractivity contribution is -0.121. The summed E-state index contributed by atoms with van der Waals surface area (Å²) in [6.45, 7) is 3.57. The van der Waals surface area contributed by atoms with Gasteiger partial charge in [-0.1, -0.05) is 19.1 Å². The van der Waals surface area contributed by atoms with Gasteiger partial charge in [-0.15, -0.1) is 0 Å². The van der Waals surface area contributed by atoms with Crippen molar-refractivity contribution < 1.29 is 13.2 Å². The molecule has 3 N–H and O–H groups in total. The highest BCUT2D eigenvalue weighted by atomic mass is 32.2. The van der Waals surface area contributed by atoms with E-state index in [9.17, 15) is 13.2 Å². The summed E-state index contributed by atoms with van der Waals surface area (Å²) >= 11 is 0. The fourth-order valence-corrected chi connectivity index (χ4v) is 2.58. The maximum atomic E-state index is 12.1. The molecule has 0 bridgehead atoms. The molecule has 1 aliphatic heterocycles. The van der Waals surface area contributed by atoms with Gasteiger partial charge in [0.2, 0.25) is 15.9 Å². The van der Waals surface area contributed by atoms with Gasteiger partial charge in [-0.3, -0.25) is 9.52 Å². The summed E-state index contributed by atoms with van der Waals surface area (Å²) in [7, 11) is -3.38. The molecule has 0 saturated carbocycles. The van der Waals surface area contributed by atoms with Crippen molar-refractivity contribution in [3.63, 3.8) is 0 Å². The molecule has 1 saturated heterocycles. The minimum atomic E-state index is -3.38. The number of para-hydroxylation sites is 2. The molecule has 20 heavy (non-hydrogen) atoms. The lowest BCUT2D eigenvalue weighted by atomic mass is 9.88. The van der Waals surface area contributed by atoms with E-state index in [0.29, 0.717) is 17.3 Å². The molecular weight excluding hydrogens is 278 g/mol. The molecule has 6 nitrogen and oxygen atoms in total. The van der Waals surface area contributed by atoms with E-state index in [1.807, 2.05) is 6.92 Å². The topological polar surface area (TPSA) is 87.3 Å². The minimum absolute atomic E-state index is 0.0979. The zero-order valence-corrected chi connectivity index (χ0v) is 12.3. The Morgan fingerprint density at radius 2 is 1.90 bits per heavy atom. The zero-order chi connectivity index (χ0) is 14.8. The Balaban J connectivity index is 2.10. The average Bonchev–Trinajstić information content (AvgIpc) is 2.27. The summed E-state index contributed by atoms with van der Waals surface area (Å²) in [5, 5.41) is 5.92. The third kappa shape index (κ3) is 3.71. The van der Waals surface area contributed by atoms with Gasteiger partial charge < -0.3 is 10.6 Å². The molecule has 1 aromatic rings. The van der Waals surface area contributed by atoms with Crippen molar-refractivity contribution in [3.05, 3.63) is 24.3 Å². The number of nitrogens with one attached hydrogen (secondary N) is 3. The highest BCUT2D eigenvalue weighted by Crippen LogP contribution is 2.24. The molecule has 1 aromatic carbocycles. The van der Waals surface area contributed by atoms with Crippen molar-refractivity contribution in [1.82, 2.24) is 5.32 Å². The molecular formula is C13H19N3O3S. The van der Waals surface area contributed by atoms with Crippen LogP contribution in [0.25, 0.3) is 0 Å². The van der Waals surface area contributed by atoms with Crippen LogP contribution in [0.15, 0.2) is 24.3 Å². The van der Waals surface area contributed by atoms with Crippen LogP contribution >= 0.6 is 0 Å². The van der Waals surface area contributed by atoms with E-state index in [-0.39, 0.29) is 11.8 Å². The zero-order valence-electron chi connectivity index (χ0n) is 11.5. The van der Waals surface area contributed by atoms with Crippen LogP contribution in [0.5, 0.6) is 0 Å². The number of sulfonamides is 1. The van der Waals surface area contributed by atoms with Crippen molar-refractivity contribution in [2.45, 2.75) is 6.92 Å². The summed E-state index contributed by atoms with van der Waals surface area (Å²) in [4.78, 5) is 12.1. The summed E-state index contributed by atoms with van der Waals surface area (Å²) in [5.41, 5.74) is 0.851. The second-order valence-corrected chi connectivity index (χ2v) is 6.86. The number of benzene rings is 1. The van der Waals surface area contributed by atoms with Crippen LogP contribution in [0.2, 0.25) is 0 Å². The van der Waals surface area contributed by atoms with Crippen molar-refractivity contribution in [3.8, 4) is 0 Å². The smallest absolute Gasteiger partial charge is 0.229 e. The predicted octanol–water partition coefficient (Wildman–Crippen LogP) is 0.852. The van der Waals surface area contributed by atoms with Crippen LogP contribution in [0, 0.1) is 11.8 Å². The fourth-order valence-electron chi connectivity index (χ4n) is 2.01. The van der Waals surface area contributed by atoms with Crippen molar-refractivity contribution in [2.24, 2.45) is 11.8 Å². The Bertz CT molecular complexity index is 597. The van der Waals surface area contributed by atoms with Gasteiger partial charge in [-0.05, 0) is 31.1 Å². The number of rotatable bonds is 5. The SMILES string of the molecule is CC(C(=O)Nc1ccccc1NS(C)(=O)=O)C1CNC1. The third-order valence-electron chi connectivity index (χ3n) is 3.41. The van der Waals surface area contributed by atoms with Gasteiger partial charge in [0.1, 0.15) is 0 Å². The Morgan fingerprint density at radius 1 is 1.30 bits per heavy atom. The highest BCUT2D eigenvalue weighted by Gasteiger charge is 2.29. The lowest BCUT2D eigenvalue weighted by Crippen LogP contribution is -2.48. The number of anilines is 2. The number of carbonyl (C=O) groups excluding carboxylic acids is 1. The second-order valence-electron chi connectivity index (χ2n) is 5.12. The molecule has 0 aliphatic carbocycles. The molecule has 1 heterocycles. The first-order valence-electron chi connectivity index (χ1n) is 6.45. The Morgan fingerprint density at radius 3 is 2.40 bits per heavy atom. The van der Waals surface area contributed by atoms with Crippen LogP contribution < -0.4 is 15.4 Å². The van der Waals surface area contributed by atoms with Crippen LogP contribution in [-0.2, 0) is 14.8 Å². The van der Waals surface area contributed by atoms with E-state index < -0.39 is 10.0 Å². The first-order chi connectivity index (χ1) is 9.37. The lowest BCUT2D eigenvalue weighted by Gasteiger charge is -2.31. The summed E-state index contributed by atoms with van der Waals surface area (Å²) in [6.07, 6.45) is 1.08. The molecule has 0 spiro atoms. The van der Waals surface area contributed by atoms with Gasteiger partial charge >= 0.3 is 0 Å². The van der Waals surface area contributed by atoms with E-state index in [1.54, 1.807) is 24.3 Å². The first kappa shape index (κ1) is 14.8. The van der Waals surface area contributed by atoms with E-state index in [0.717, 1.165) is 19.3 Å². The van der Waals surface area contributed by atoms with Crippen LogP contribution in [0.3, 0.4) is 0 Å². The van der Waals surface area contributed by atoms with Crippen molar-refractivity contribution in [2.75, 3.05) is 29.4 Å². The molecule has 2 rings (SSSR count). The van der Waals surface area contributed by atoms with Crippen LogP contribution in [-0.4, -0.2) is 33.7 Å². The number of hydrogen-bond donors (Lipinski definition) is 3. The molecule has 1 fully saturated rings. The highest BCUT2D eigenvalue weighted by molar-refractivity contribution is 7.92. The van der Waals surface area contributed by atoms with E-state index >= 15 is 0 Å². The number of carbonyl (C=O) groups is 1. The standard InChI is InChI=1S/C13H19N3O3S/c1-9(10-7-14-8-10)13(17)15-11-5-3-4-6-12(11)16-20(2,18)19/h3-6,9-10,14,16H,7-8H2,1-2H3,(H,15,17). The molecule has 110 valence electrons. The van der Waals surface area contributed by atoms with Crippen molar-refractivity contribution >= 4 is 27.3 Å². The third-order valence-corrected chi connectivity index (χ3v) is 4.00. The van der Waals surface area contributed by atoms with E-state index in [4.69, 9.17) is 0 Å². The summed E-state index contributed by atoms with van der Waals surface area (Å²) in [5.74, 6) is 0.131. The summed E-state index contributed by atoms with van der Waals surface area (Å²) in [6, 6.07) is 6.75. The predicted molar refractivity (Wildman–Crippen MR) is 79.1 cm³/mol. The Hall–Kier alpha value is -1.60. The maximum Gasteiger partial charge on any atom is 0.229 e. The molecule has 1 aliphatic rings. The Labute approximate surface area is 119 Å². The van der Waals surface area contributed by atoms with Crippen molar-refractivity contribution in [1.29, 1.82) is 0 Å². The number of hydrogen-bond acceptors (Lipinski definition) is 4. The van der Waals surface area contributed by atoms with E-state index in [2.05, 4.69) is 15.4 Å². The average molecular weight is 297 g/mol. The van der Waals surface area contributed by atoms with Gasteiger partial charge in [0, 0.05) is 5.92 Å². The van der Waals surface area contributed by atoms with Crippen LogP contribution in [0.1, 0.15) is 6.92 Å². The van der Waals surface area contributed by atoms with Gasteiger partial charge in [0.15, 0.2) is 0 Å². The minimum Gasteiger partial charge on any atom is -0.324 e. The van der Waals surface area contributed by atoms with Gasteiger partial charge in [-0.25, -0.2) is 8.42 Å².